The first-order valence-electron chi connectivity index (χ1n) is 3.70. The molecule has 1 amide bonds. The molecule has 1 rings (SSSR count). The number of carboxylic acid groups (broad SMARTS) is 1. The fourth-order valence-electron chi connectivity index (χ4n) is 0.937. The van der Waals surface area contributed by atoms with E-state index in [4.69, 9.17) is 5.11 Å². The predicted octanol–water partition coefficient (Wildman–Crippen LogP) is 1.31. The minimum atomic E-state index is -1.31. The highest BCUT2D eigenvalue weighted by Gasteiger charge is 2.25. The highest BCUT2D eigenvalue weighted by molar-refractivity contribution is 7.13. The van der Waals surface area contributed by atoms with E-state index in [2.05, 4.69) is 5.32 Å². The van der Waals surface area contributed by atoms with E-state index in [-0.39, 0.29) is 10.6 Å². The van der Waals surface area contributed by atoms with Gasteiger partial charge in [-0.3, -0.25) is 14.9 Å². The van der Waals surface area contributed by atoms with Crippen LogP contribution < -0.4 is 5.32 Å². The van der Waals surface area contributed by atoms with Crippen LogP contribution in [-0.4, -0.2) is 21.9 Å². The van der Waals surface area contributed by atoms with E-state index in [9.17, 15) is 19.7 Å². The molecule has 1 aromatic heterocycles. The molecule has 8 heteroatoms. The Bertz CT molecular complexity index is 407. The molecule has 0 saturated heterocycles. The highest BCUT2D eigenvalue weighted by Crippen LogP contribution is 2.34. The zero-order valence-electron chi connectivity index (χ0n) is 7.51. The lowest BCUT2D eigenvalue weighted by molar-refractivity contribution is -0.383. The highest BCUT2D eigenvalue weighted by atomic mass is 32.1. The Hall–Kier alpha value is -1.96. The van der Waals surface area contributed by atoms with Crippen LogP contribution >= 0.6 is 11.3 Å². The number of aromatic carboxylic acids is 1. The van der Waals surface area contributed by atoms with Gasteiger partial charge < -0.3 is 10.4 Å². The molecule has 0 saturated carbocycles. The Morgan fingerprint density at radius 2 is 2.20 bits per heavy atom. The van der Waals surface area contributed by atoms with Crippen LogP contribution in [0.1, 0.15) is 16.6 Å². The number of nitrogens with zero attached hydrogens (tertiary/aromatic N) is 1. The average molecular weight is 230 g/mol. The molecule has 1 aromatic rings. The van der Waals surface area contributed by atoms with Crippen molar-refractivity contribution >= 4 is 34.6 Å². The molecule has 0 unspecified atom stereocenters. The Balaban J connectivity index is 3.26. The molecule has 0 aliphatic rings. The molecule has 2 N–H and O–H groups in total. The van der Waals surface area contributed by atoms with Crippen molar-refractivity contribution in [2.45, 2.75) is 6.92 Å². The molecule has 0 atom stereocenters. The molecule has 15 heavy (non-hydrogen) atoms. The molecule has 7 nitrogen and oxygen atoms in total. The van der Waals surface area contributed by atoms with Crippen LogP contribution in [0.25, 0.3) is 0 Å². The average Bonchev–Trinajstić information content (AvgIpc) is 2.46. The smallest absolute Gasteiger partial charge is 0.348 e. The van der Waals surface area contributed by atoms with Gasteiger partial charge in [-0.1, -0.05) is 0 Å². The maximum absolute atomic E-state index is 10.7. The molecule has 0 aliphatic heterocycles. The van der Waals surface area contributed by atoms with E-state index < -0.39 is 22.5 Å². The quantitative estimate of drug-likeness (QED) is 0.601. The first-order chi connectivity index (χ1) is 6.93. The van der Waals surface area contributed by atoms with Gasteiger partial charge in [-0.05, 0) is 0 Å². The number of thiophene rings is 1. The van der Waals surface area contributed by atoms with Gasteiger partial charge >= 0.3 is 11.7 Å². The number of hydrogen-bond acceptors (Lipinski definition) is 5. The van der Waals surface area contributed by atoms with Gasteiger partial charge in [0.15, 0.2) is 0 Å². The summed E-state index contributed by atoms with van der Waals surface area (Å²) in [4.78, 5) is 30.9. The lowest BCUT2D eigenvalue weighted by Gasteiger charge is -1.99. The van der Waals surface area contributed by atoms with Gasteiger partial charge in [0.1, 0.15) is 10.6 Å². The van der Waals surface area contributed by atoms with Crippen molar-refractivity contribution in [1.82, 2.24) is 0 Å². The molecule has 0 aromatic carbocycles. The second-order valence-electron chi connectivity index (χ2n) is 2.57. The van der Waals surface area contributed by atoms with Crippen LogP contribution in [0, 0.1) is 10.1 Å². The predicted molar refractivity (Wildman–Crippen MR) is 52.2 cm³/mol. The van der Waals surface area contributed by atoms with Crippen molar-refractivity contribution in [3.8, 4) is 0 Å². The molecule has 80 valence electrons. The van der Waals surface area contributed by atoms with Gasteiger partial charge in [0, 0.05) is 6.92 Å². The van der Waals surface area contributed by atoms with Crippen LogP contribution in [0.3, 0.4) is 0 Å². The molecule has 0 bridgehead atoms. The Labute approximate surface area is 87.5 Å². The van der Waals surface area contributed by atoms with Crippen molar-refractivity contribution in [2.24, 2.45) is 0 Å². The number of carbonyl (C=O) groups is 2. The van der Waals surface area contributed by atoms with E-state index in [1.165, 1.54) is 0 Å². The number of nitrogens with one attached hydrogen (secondary N) is 1. The maximum atomic E-state index is 10.7. The number of carboxylic acids is 1. The molecular formula is C7H6N2O5S. The van der Waals surface area contributed by atoms with Gasteiger partial charge in [-0.25, -0.2) is 4.79 Å². The summed E-state index contributed by atoms with van der Waals surface area (Å²) >= 11 is 0.699. The fraction of sp³-hybridized carbons (Fsp3) is 0.143. The van der Waals surface area contributed by atoms with Crippen molar-refractivity contribution < 1.29 is 19.6 Å². The third-order valence-corrected chi connectivity index (χ3v) is 2.42. The summed E-state index contributed by atoms with van der Waals surface area (Å²) in [7, 11) is 0. The third-order valence-electron chi connectivity index (χ3n) is 1.46. The topological polar surface area (TPSA) is 110 Å². The van der Waals surface area contributed by atoms with E-state index in [1.807, 2.05) is 0 Å². The summed E-state index contributed by atoms with van der Waals surface area (Å²) in [6, 6.07) is 0. The van der Waals surface area contributed by atoms with Crippen LogP contribution in [0.5, 0.6) is 0 Å². The number of amides is 1. The van der Waals surface area contributed by atoms with Crippen molar-refractivity contribution in [1.29, 1.82) is 0 Å². The Morgan fingerprint density at radius 3 is 2.60 bits per heavy atom. The fourth-order valence-corrected chi connectivity index (χ4v) is 1.75. The molecule has 1 heterocycles. The first-order valence-corrected chi connectivity index (χ1v) is 4.58. The maximum Gasteiger partial charge on any atom is 0.348 e. The zero-order chi connectivity index (χ0) is 11.6. The largest absolute Gasteiger partial charge is 0.477 e. The number of nitro groups is 1. The zero-order valence-corrected chi connectivity index (χ0v) is 8.33. The van der Waals surface area contributed by atoms with Crippen molar-refractivity contribution in [3.05, 3.63) is 20.4 Å². The molecule has 0 fully saturated rings. The second-order valence-corrected chi connectivity index (χ2v) is 3.45. The third kappa shape index (κ3) is 2.29. The van der Waals surface area contributed by atoms with Gasteiger partial charge in [-0.2, -0.15) is 0 Å². The monoisotopic (exact) mass is 230 g/mol. The summed E-state index contributed by atoms with van der Waals surface area (Å²) < 4.78 is 0. The molecule has 0 aliphatic carbocycles. The van der Waals surface area contributed by atoms with Crippen LogP contribution in [0.2, 0.25) is 0 Å². The Kier molecular flexibility index (Phi) is 3.00. The first kappa shape index (κ1) is 11.1. The second kappa shape index (κ2) is 4.05. The van der Waals surface area contributed by atoms with Crippen molar-refractivity contribution in [3.63, 3.8) is 0 Å². The van der Waals surface area contributed by atoms with Crippen LogP contribution in [-0.2, 0) is 4.79 Å². The summed E-state index contributed by atoms with van der Waals surface area (Å²) in [5, 5.41) is 22.4. The van der Waals surface area contributed by atoms with Crippen molar-refractivity contribution in [2.75, 3.05) is 5.32 Å². The van der Waals surface area contributed by atoms with E-state index in [0.29, 0.717) is 11.3 Å². The molecule has 0 radical (unpaired) electrons. The van der Waals surface area contributed by atoms with Crippen LogP contribution in [0.15, 0.2) is 5.38 Å². The lowest BCUT2D eigenvalue weighted by atomic mass is 10.3. The van der Waals surface area contributed by atoms with E-state index in [0.717, 1.165) is 12.3 Å². The molecular weight excluding hydrogens is 224 g/mol. The Morgan fingerprint density at radius 1 is 1.60 bits per heavy atom. The standard InChI is InChI=1S/C7H6N2O5S/c1-3(10)8-5-4(9(13)14)2-15-6(5)7(11)12/h2H,1H3,(H,8,10)(H,11,12). The minimum Gasteiger partial charge on any atom is -0.477 e. The summed E-state index contributed by atoms with van der Waals surface area (Å²) in [5.74, 6) is -1.86. The van der Waals surface area contributed by atoms with Gasteiger partial charge in [0.25, 0.3) is 0 Å². The minimum absolute atomic E-state index is 0.253. The molecule has 0 spiro atoms. The van der Waals surface area contributed by atoms with E-state index in [1.54, 1.807) is 0 Å². The SMILES string of the molecule is CC(=O)Nc1c([N+](=O)[O-])csc1C(=O)O. The number of rotatable bonds is 3. The number of hydrogen-bond donors (Lipinski definition) is 2. The summed E-state index contributed by atoms with van der Waals surface area (Å²) in [5.41, 5.74) is -0.669. The number of anilines is 1. The summed E-state index contributed by atoms with van der Waals surface area (Å²) in [6.07, 6.45) is 0. The normalized spacial score (nSPS) is 9.67. The lowest BCUT2D eigenvalue weighted by Crippen LogP contribution is -2.10. The number of carbonyl (C=O) groups excluding carboxylic acids is 1. The van der Waals surface area contributed by atoms with Gasteiger partial charge in [-0.15, -0.1) is 11.3 Å². The van der Waals surface area contributed by atoms with Gasteiger partial charge in [0.2, 0.25) is 5.91 Å². The van der Waals surface area contributed by atoms with Crippen LogP contribution in [0.4, 0.5) is 11.4 Å². The summed E-state index contributed by atoms with van der Waals surface area (Å²) in [6.45, 7) is 1.15. The van der Waals surface area contributed by atoms with Gasteiger partial charge in [0.05, 0.1) is 10.3 Å². The van der Waals surface area contributed by atoms with E-state index >= 15 is 0 Å².